The van der Waals surface area contributed by atoms with E-state index in [1.165, 1.54) is 0 Å². The molecule has 3 heteroatoms. The molecule has 2 rings (SSSR count). The van der Waals surface area contributed by atoms with Gasteiger partial charge in [0, 0.05) is 18.1 Å². The van der Waals surface area contributed by atoms with Crippen molar-refractivity contribution in [2.75, 3.05) is 12.4 Å². The number of fused-ring (bicyclic) bond motifs is 1. The molecule has 15 heavy (non-hydrogen) atoms. The Bertz CT molecular complexity index is 553. The minimum Gasteiger partial charge on any atom is -0.387 e. The van der Waals surface area contributed by atoms with Crippen LogP contribution in [0.3, 0.4) is 0 Å². The van der Waals surface area contributed by atoms with Gasteiger partial charge in [0.15, 0.2) is 0 Å². The van der Waals surface area contributed by atoms with Crippen molar-refractivity contribution >= 4 is 16.6 Å². The van der Waals surface area contributed by atoms with Crippen LogP contribution in [0.25, 0.3) is 10.9 Å². The number of pyridine rings is 1. The number of aromatic nitrogens is 1. The third kappa shape index (κ3) is 1.62. The van der Waals surface area contributed by atoms with E-state index in [0.717, 1.165) is 22.2 Å². The summed E-state index contributed by atoms with van der Waals surface area (Å²) in [5.74, 6) is 0. The zero-order valence-corrected chi connectivity index (χ0v) is 8.70. The third-order valence-corrected chi connectivity index (χ3v) is 2.35. The summed E-state index contributed by atoms with van der Waals surface area (Å²) in [6, 6.07) is 9.86. The minimum atomic E-state index is 0.442. The molecule has 0 aliphatic rings. The van der Waals surface area contributed by atoms with Gasteiger partial charge in [-0.2, -0.15) is 5.26 Å². The van der Waals surface area contributed by atoms with Crippen molar-refractivity contribution in [3.05, 3.63) is 35.5 Å². The van der Waals surface area contributed by atoms with E-state index in [9.17, 15) is 0 Å². The first-order valence-corrected chi connectivity index (χ1v) is 4.74. The van der Waals surface area contributed by atoms with Crippen LogP contribution in [-0.2, 0) is 0 Å². The first kappa shape index (κ1) is 9.47. The molecule has 0 unspecified atom stereocenters. The van der Waals surface area contributed by atoms with Crippen molar-refractivity contribution in [1.82, 2.24) is 4.98 Å². The van der Waals surface area contributed by atoms with Gasteiger partial charge in [0.05, 0.1) is 5.52 Å². The summed E-state index contributed by atoms with van der Waals surface area (Å²) in [7, 11) is 1.84. The Morgan fingerprint density at radius 3 is 2.80 bits per heavy atom. The van der Waals surface area contributed by atoms with Crippen LogP contribution in [0, 0.1) is 18.3 Å². The van der Waals surface area contributed by atoms with Crippen molar-refractivity contribution in [1.29, 1.82) is 5.26 Å². The summed E-state index contributed by atoms with van der Waals surface area (Å²) >= 11 is 0. The van der Waals surface area contributed by atoms with Crippen LogP contribution in [0.4, 0.5) is 5.69 Å². The summed E-state index contributed by atoms with van der Waals surface area (Å²) in [4.78, 5) is 4.26. The number of nitrogens with one attached hydrogen (secondary N) is 1. The van der Waals surface area contributed by atoms with Gasteiger partial charge in [-0.05, 0) is 24.6 Å². The van der Waals surface area contributed by atoms with Crippen LogP contribution >= 0.6 is 0 Å². The fourth-order valence-corrected chi connectivity index (χ4v) is 1.60. The molecule has 0 aliphatic carbocycles. The first-order chi connectivity index (χ1) is 7.24. The number of nitrogens with zero attached hydrogens (tertiary/aromatic N) is 2. The lowest BCUT2D eigenvalue weighted by molar-refractivity contribution is 1.31. The smallest absolute Gasteiger partial charge is 0.143 e. The maximum absolute atomic E-state index is 8.85. The van der Waals surface area contributed by atoms with Crippen LogP contribution in [0.1, 0.15) is 11.3 Å². The van der Waals surface area contributed by atoms with Crippen LogP contribution in [0.5, 0.6) is 0 Å². The summed E-state index contributed by atoms with van der Waals surface area (Å²) < 4.78 is 0. The quantitative estimate of drug-likeness (QED) is 0.763. The number of hydrogen-bond acceptors (Lipinski definition) is 3. The highest BCUT2D eigenvalue weighted by Crippen LogP contribution is 2.23. The van der Waals surface area contributed by atoms with Crippen LogP contribution in [-0.4, -0.2) is 12.0 Å². The van der Waals surface area contributed by atoms with Crippen LogP contribution < -0.4 is 5.32 Å². The molecule has 1 N–H and O–H groups in total. The van der Waals surface area contributed by atoms with E-state index < -0.39 is 0 Å². The Kier molecular flexibility index (Phi) is 2.26. The van der Waals surface area contributed by atoms with Crippen molar-refractivity contribution in [2.24, 2.45) is 0 Å². The lowest BCUT2D eigenvalue weighted by Gasteiger charge is -2.06. The molecule has 0 radical (unpaired) electrons. The zero-order valence-electron chi connectivity index (χ0n) is 8.70. The molecular weight excluding hydrogens is 186 g/mol. The first-order valence-electron chi connectivity index (χ1n) is 4.74. The molecule has 0 fully saturated rings. The molecule has 1 aromatic carbocycles. The molecular formula is C12H11N3. The molecule has 3 nitrogen and oxygen atoms in total. The summed E-state index contributed by atoms with van der Waals surface area (Å²) in [6.45, 7) is 2.01. The predicted octanol–water partition coefficient (Wildman–Crippen LogP) is 2.46. The molecule has 0 atom stereocenters. The number of anilines is 1. The van der Waals surface area contributed by atoms with Gasteiger partial charge in [-0.25, -0.2) is 4.98 Å². The van der Waals surface area contributed by atoms with Gasteiger partial charge in [-0.3, -0.25) is 0 Å². The topological polar surface area (TPSA) is 48.7 Å². The lowest BCUT2D eigenvalue weighted by atomic mass is 10.1. The largest absolute Gasteiger partial charge is 0.387 e. The molecule has 1 heterocycles. The van der Waals surface area contributed by atoms with E-state index in [2.05, 4.69) is 16.4 Å². The molecule has 1 aromatic heterocycles. The predicted molar refractivity (Wildman–Crippen MR) is 60.7 cm³/mol. The fourth-order valence-electron chi connectivity index (χ4n) is 1.60. The number of nitriles is 1. The minimum absolute atomic E-state index is 0.442. The van der Waals surface area contributed by atoms with Gasteiger partial charge in [0.2, 0.25) is 0 Å². The molecule has 2 aromatic rings. The van der Waals surface area contributed by atoms with E-state index in [0.29, 0.717) is 5.69 Å². The zero-order chi connectivity index (χ0) is 10.8. The van der Waals surface area contributed by atoms with Crippen molar-refractivity contribution in [2.45, 2.75) is 6.92 Å². The monoisotopic (exact) mass is 197 g/mol. The second kappa shape index (κ2) is 3.58. The third-order valence-electron chi connectivity index (χ3n) is 2.35. The maximum atomic E-state index is 8.85. The lowest BCUT2D eigenvalue weighted by Crippen LogP contribution is -1.94. The van der Waals surface area contributed by atoms with Gasteiger partial charge in [0.1, 0.15) is 11.8 Å². The van der Waals surface area contributed by atoms with E-state index >= 15 is 0 Å². The van der Waals surface area contributed by atoms with E-state index in [-0.39, 0.29) is 0 Å². The van der Waals surface area contributed by atoms with Crippen LogP contribution in [0.2, 0.25) is 0 Å². The highest BCUT2D eigenvalue weighted by atomic mass is 14.8. The van der Waals surface area contributed by atoms with E-state index in [4.69, 9.17) is 5.26 Å². The van der Waals surface area contributed by atoms with E-state index in [1.54, 1.807) is 6.07 Å². The van der Waals surface area contributed by atoms with Gasteiger partial charge in [-0.15, -0.1) is 0 Å². The number of benzene rings is 1. The summed E-state index contributed by atoms with van der Waals surface area (Å²) in [6.07, 6.45) is 0. The molecule has 0 bridgehead atoms. The Balaban J connectivity index is 2.82. The molecule has 74 valence electrons. The van der Waals surface area contributed by atoms with Crippen molar-refractivity contribution in [3.8, 4) is 6.07 Å². The Morgan fingerprint density at radius 2 is 2.13 bits per heavy atom. The van der Waals surface area contributed by atoms with Crippen LogP contribution in [0.15, 0.2) is 24.3 Å². The number of hydrogen-bond donors (Lipinski definition) is 1. The number of rotatable bonds is 1. The molecule has 0 amide bonds. The SMILES string of the molecule is CNc1cc(C#N)nc2cc(C)ccc12. The highest BCUT2D eigenvalue weighted by molar-refractivity contribution is 5.92. The molecule has 0 aliphatic heterocycles. The van der Waals surface area contributed by atoms with Crippen molar-refractivity contribution < 1.29 is 0 Å². The Labute approximate surface area is 88.4 Å². The van der Waals surface area contributed by atoms with E-state index in [1.807, 2.05) is 32.2 Å². The Hall–Kier alpha value is -2.08. The highest BCUT2D eigenvalue weighted by Gasteiger charge is 2.04. The normalized spacial score (nSPS) is 9.93. The second-order valence-electron chi connectivity index (χ2n) is 3.44. The van der Waals surface area contributed by atoms with Gasteiger partial charge < -0.3 is 5.32 Å². The average molecular weight is 197 g/mol. The van der Waals surface area contributed by atoms with Gasteiger partial charge in [-0.1, -0.05) is 12.1 Å². The molecule has 0 saturated heterocycles. The summed E-state index contributed by atoms with van der Waals surface area (Å²) in [5, 5.41) is 13.0. The second-order valence-corrected chi connectivity index (χ2v) is 3.44. The Morgan fingerprint density at radius 1 is 1.33 bits per heavy atom. The number of aryl methyl sites for hydroxylation is 1. The molecule has 0 spiro atoms. The van der Waals surface area contributed by atoms with Crippen molar-refractivity contribution in [3.63, 3.8) is 0 Å². The van der Waals surface area contributed by atoms with Gasteiger partial charge >= 0.3 is 0 Å². The molecule has 0 saturated carbocycles. The maximum Gasteiger partial charge on any atom is 0.143 e. The van der Waals surface area contributed by atoms with Gasteiger partial charge in [0.25, 0.3) is 0 Å². The fraction of sp³-hybridized carbons (Fsp3) is 0.167. The summed E-state index contributed by atoms with van der Waals surface area (Å²) in [5.41, 5.74) is 3.39. The average Bonchev–Trinajstić information content (AvgIpc) is 2.26. The standard InChI is InChI=1S/C12H11N3/c1-8-3-4-10-11(14-2)6-9(7-13)15-12(10)5-8/h3-6H,1-2H3,(H,14,15).